The number of likely N-dealkylation sites (N-methyl/N-ethyl adjacent to an activating group) is 1. The number of nitrogens with one attached hydrogen (secondary N) is 1. The van der Waals surface area contributed by atoms with Crippen LogP contribution in [0.4, 0.5) is 0 Å². The summed E-state index contributed by atoms with van der Waals surface area (Å²) in [4.78, 5) is 0. The third kappa shape index (κ3) is 5.21. The number of unbranched alkanes of at least 4 members (excludes halogenated alkanes) is 3. The van der Waals surface area contributed by atoms with Gasteiger partial charge in [0.1, 0.15) is 0 Å². The fourth-order valence-electron chi connectivity index (χ4n) is 2.19. The van der Waals surface area contributed by atoms with Gasteiger partial charge in [-0.3, -0.25) is 4.68 Å². The van der Waals surface area contributed by atoms with Crippen LogP contribution in [0.1, 0.15) is 64.6 Å². The lowest BCUT2D eigenvalue weighted by Crippen LogP contribution is -2.27. The molecule has 1 heterocycles. The average molecular weight is 251 g/mol. The normalized spacial score (nSPS) is 13.2. The van der Waals surface area contributed by atoms with E-state index in [0.717, 1.165) is 6.42 Å². The Morgan fingerprint density at radius 3 is 2.61 bits per heavy atom. The maximum atomic E-state index is 4.62. The second-order valence-corrected chi connectivity index (χ2v) is 5.42. The van der Waals surface area contributed by atoms with E-state index in [-0.39, 0.29) is 0 Å². The first kappa shape index (κ1) is 15.2. The van der Waals surface area contributed by atoms with E-state index in [1.807, 2.05) is 4.68 Å². The van der Waals surface area contributed by atoms with E-state index >= 15 is 0 Å². The molecule has 0 spiro atoms. The van der Waals surface area contributed by atoms with Crippen molar-refractivity contribution in [1.82, 2.24) is 15.1 Å². The summed E-state index contributed by atoms with van der Waals surface area (Å²) in [5.41, 5.74) is 1.21. The summed E-state index contributed by atoms with van der Waals surface area (Å²) in [5.74, 6) is 0. The number of hydrogen-bond donors (Lipinski definition) is 1. The molecule has 104 valence electrons. The molecule has 1 aromatic rings. The first-order valence-electron chi connectivity index (χ1n) is 7.38. The van der Waals surface area contributed by atoms with Gasteiger partial charge in [0.2, 0.25) is 0 Å². The Kier molecular flexibility index (Phi) is 7.02. The van der Waals surface area contributed by atoms with E-state index in [4.69, 9.17) is 0 Å². The van der Waals surface area contributed by atoms with E-state index < -0.39 is 0 Å². The first-order chi connectivity index (χ1) is 8.67. The van der Waals surface area contributed by atoms with Gasteiger partial charge in [-0.25, -0.2) is 0 Å². The molecule has 0 aliphatic carbocycles. The van der Waals surface area contributed by atoms with Gasteiger partial charge in [-0.1, -0.05) is 32.6 Å². The first-order valence-corrected chi connectivity index (χ1v) is 7.38. The van der Waals surface area contributed by atoms with Crippen molar-refractivity contribution in [3.05, 3.63) is 18.0 Å². The van der Waals surface area contributed by atoms with Crippen molar-refractivity contribution in [2.24, 2.45) is 0 Å². The molecule has 3 nitrogen and oxygen atoms in total. The van der Waals surface area contributed by atoms with Crippen molar-refractivity contribution >= 4 is 0 Å². The molecule has 1 unspecified atom stereocenters. The van der Waals surface area contributed by atoms with Gasteiger partial charge in [-0.2, -0.15) is 5.10 Å². The molecule has 1 aromatic heterocycles. The van der Waals surface area contributed by atoms with Gasteiger partial charge in [-0.15, -0.1) is 0 Å². The van der Waals surface area contributed by atoms with Gasteiger partial charge >= 0.3 is 0 Å². The predicted molar refractivity (Wildman–Crippen MR) is 77.9 cm³/mol. The maximum absolute atomic E-state index is 4.62. The summed E-state index contributed by atoms with van der Waals surface area (Å²) >= 11 is 0. The zero-order valence-electron chi connectivity index (χ0n) is 12.4. The highest BCUT2D eigenvalue weighted by molar-refractivity contribution is 5.02. The number of nitrogens with zero attached hydrogens (tertiary/aromatic N) is 2. The molecule has 0 aliphatic rings. The van der Waals surface area contributed by atoms with Gasteiger partial charge in [-0.05, 0) is 33.4 Å². The van der Waals surface area contributed by atoms with Gasteiger partial charge in [0.25, 0.3) is 0 Å². The van der Waals surface area contributed by atoms with Crippen LogP contribution in [0.15, 0.2) is 12.3 Å². The standard InChI is InChI=1S/C15H29N3/c1-5-6-7-8-9-14(16-4)12-15-10-11-18(17-15)13(2)3/h10-11,13-14,16H,5-9,12H2,1-4H3. The lowest BCUT2D eigenvalue weighted by atomic mass is 10.0. The monoisotopic (exact) mass is 251 g/mol. The molecule has 0 amide bonds. The Morgan fingerprint density at radius 2 is 2.06 bits per heavy atom. The van der Waals surface area contributed by atoms with Crippen LogP contribution in [0, 0.1) is 0 Å². The lowest BCUT2D eigenvalue weighted by molar-refractivity contribution is 0.471. The van der Waals surface area contributed by atoms with Gasteiger partial charge < -0.3 is 5.32 Å². The zero-order chi connectivity index (χ0) is 13.4. The Balaban J connectivity index is 2.36. The quantitative estimate of drug-likeness (QED) is 0.680. The van der Waals surface area contributed by atoms with Gasteiger partial charge in [0.15, 0.2) is 0 Å². The van der Waals surface area contributed by atoms with E-state index in [0.29, 0.717) is 12.1 Å². The van der Waals surface area contributed by atoms with Crippen LogP contribution < -0.4 is 5.32 Å². The van der Waals surface area contributed by atoms with Crippen LogP contribution >= 0.6 is 0 Å². The minimum atomic E-state index is 0.455. The van der Waals surface area contributed by atoms with Crippen molar-refractivity contribution in [3.63, 3.8) is 0 Å². The minimum absolute atomic E-state index is 0.455. The summed E-state index contributed by atoms with van der Waals surface area (Å²) < 4.78 is 2.04. The molecule has 18 heavy (non-hydrogen) atoms. The summed E-state index contributed by atoms with van der Waals surface area (Å²) in [6.07, 6.45) is 9.73. The van der Waals surface area contributed by atoms with Crippen molar-refractivity contribution in [2.75, 3.05) is 7.05 Å². The SMILES string of the molecule is CCCCCCC(Cc1ccn(C(C)C)n1)NC. The molecule has 0 saturated heterocycles. The second-order valence-electron chi connectivity index (χ2n) is 5.42. The summed E-state index contributed by atoms with van der Waals surface area (Å²) in [5, 5.41) is 8.04. The predicted octanol–water partition coefficient (Wildman–Crippen LogP) is 3.56. The molecule has 0 fully saturated rings. The van der Waals surface area contributed by atoms with Crippen LogP contribution in [0.5, 0.6) is 0 Å². The van der Waals surface area contributed by atoms with Crippen LogP contribution in [0.2, 0.25) is 0 Å². The summed E-state index contributed by atoms with van der Waals surface area (Å²) in [6, 6.07) is 3.17. The zero-order valence-corrected chi connectivity index (χ0v) is 12.4. The van der Waals surface area contributed by atoms with Crippen LogP contribution in [0.25, 0.3) is 0 Å². The van der Waals surface area contributed by atoms with Crippen molar-refractivity contribution in [2.45, 2.75) is 71.4 Å². The maximum Gasteiger partial charge on any atom is 0.0640 e. The van der Waals surface area contributed by atoms with E-state index in [1.54, 1.807) is 0 Å². The highest BCUT2D eigenvalue weighted by Crippen LogP contribution is 2.11. The molecule has 0 aliphatic heterocycles. The molecular formula is C15H29N3. The number of hydrogen-bond acceptors (Lipinski definition) is 2. The lowest BCUT2D eigenvalue weighted by Gasteiger charge is -2.14. The number of rotatable bonds is 9. The molecule has 1 rings (SSSR count). The van der Waals surface area contributed by atoms with E-state index in [9.17, 15) is 0 Å². The van der Waals surface area contributed by atoms with E-state index in [2.05, 4.69) is 50.5 Å². The Morgan fingerprint density at radius 1 is 1.28 bits per heavy atom. The highest BCUT2D eigenvalue weighted by atomic mass is 15.3. The molecule has 1 atom stereocenters. The molecule has 0 radical (unpaired) electrons. The largest absolute Gasteiger partial charge is 0.317 e. The van der Waals surface area contributed by atoms with Gasteiger partial charge in [0.05, 0.1) is 5.69 Å². The van der Waals surface area contributed by atoms with Crippen LogP contribution in [-0.2, 0) is 6.42 Å². The van der Waals surface area contributed by atoms with E-state index in [1.165, 1.54) is 37.8 Å². The summed E-state index contributed by atoms with van der Waals surface area (Å²) in [6.45, 7) is 6.59. The summed E-state index contributed by atoms with van der Waals surface area (Å²) in [7, 11) is 2.06. The smallest absolute Gasteiger partial charge is 0.0640 e. The molecule has 3 heteroatoms. The van der Waals surface area contributed by atoms with Crippen LogP contribution in [0.3, 0.4) is 0 Å². The average Bonchev–Trinajstić information content (AvgIpc) is 2.81. The Bertz CT molecular complexity index is 317. The molecular weight excluding hydrogens is 222 g/mol. The molecule has 0 bridgehead atoms. The molecule has 1 N–H and O–H groups in total. The third-order valence-corrected chi connectivity index (χ3v) is 3.46. The van der Waals surface area contributed by atoms with Crippen molar-refractivity contribution < 1.29 is 0 Å². The fourth-order valence-corrected chi connectivity index (χ4v) is 2.19. The fraction of sp³-hybridized carbons (Fsp3) is 0.800. The minimum Gasteiger partial charge on any atom is -0.317 e. The molecule has 0 aromatic carbocycles. The van der Waals surface area contributed by atoms with Crippen molar-refractivity contribution in [3.8, 4) is 0 Å². The topological polar surface area (TPSA) is 29.9 Å². The van der Waals surface area contributed by atoms with Gasteiger partial charge in [0, 0.05) is 24.7 Å². The third-order valence-electron chi connectivity index (χ3n) is 3.46. The highest BCUT2D eigenvalue weighted by Gasteiger charge is 2.09. The molecule has 0 saturated carbocycles. The van der Waals surface area contributed by atoms with Crippen molar-refractivity contribution in [1.29, 1.82) is 0 Å². The van der Waals surface area contributed by atoms with Crippen LogP contribution in [-0.4, -0.2) is 22.9 Å². The Labute approximate surface area is 112 Å². The number of aromatic nitrogens is 2. The second kappa shape index (κ2) is 8.30. The Hall–Kier alpha value is -0.830.